The molecule has 1 aromatic rings. The predicted octanol–water partition coefficient (Wildman–Crippen LogP) is 1.13. The molecule has 3 nitrogen and oxygen atoms in total. The van der Waals surface area contributed by atoms with E-state index in [0.29, 0.717) is 18.5 Å². The number of phenolic OH excluding ortho intramolecular Hbond substituents is 1. The molecular weight excluding hydrogens is 185 g/mol. The maximum absolute atomic E-state index is 13.3. The van der Waals surface area contributed by atoms with E-state index >= 15 is 0 Å². The average molecular weight is 195 g/mol. The van der Waals surface area contributed by atoms with Crippen LogP contribution in [0.4, 0.5) is 4.39 Å². The topological polar surface area (TPSA) is 49.3 Å². The highest BCUT2D eigenvalue weighted by Crippen LogP contribution is 2.27. The Balaban J connectivity index is 2.28. The van der Waals surface area contributed by atoms with Crippen molar-refractivity contribution in [1.82, 2.24) is 5.32 Å². The number of amides is 1. The second-order valence-corrected chi connectivity index (χ2v) is 3.41. The molecule has 4 heteroatoms. The van der Waals surface area contributed by atoms with E-state index in [4.69, 9.17) is 5.11 Å². The summed E-state index contributed by atoms with van der Waals surface area (Å²) in [7, 11) is 0. The van der Waals surface area contributed by atoms with Gasteiger partial charge in [0.15, 0.2) is 0 Å². The highest BCUT2D eigenvalue weighted by atomic mass is 19.1. The second-order valence-electron chi connectivity index (χ2n) is 3.41. The minimum atomic E-state index is -0.452. The van der Waals surface area contributed by atoms with Crippen LogP contribution < -0.4 is 5.32 Å². The molecule has 1 unspecified atom stereocenters. The summed E-state index contributed by atoms with van der Waals surface area (Å²) < 4.78 is 13.3. The Labute approximate surface area is 80.6 Å². The maximum atomic E-state index is 13.3. The van der Waals surface area contributed by atoms with Crippen LogP contribution in [0.2, 0.25) is 0 Å². The number of hydrogen-bond acceptors (Lipinski definition) is 2. The molecule has 74 valence electrons. The Hall–Kier alpha value is -1.58. The Morgan fingerprint density at radius 1 is 1.50 bits per heavy atom. The first-order valence-corrected chi connectivity index (χ1v) is 4.42. The van der Waals surface area contributed by atoms with E-state index < -0.39 is 5.82 Å². The average Bonchev–Trinajstić information content (AvgIpc) is 2.51. The van der Waals surface area contributed by atoms with Crippen molar-refractivity contribution in [2.45, 2.75) is 12.3 Å². The van der Waals surface area contributed by atoms with Crippen molar-refractivity contribution < 1.29 is 14.3 Å². The molecule has 2 N–H and O–H groups in total. The lowest BCUT2D eigenvalue weighted by Gasteiger charge is -2.08. The highest BCUT2D eigenvalue weighted by Gasteiger charge is 2.25. The van der Waals surface area contributed by atoms with Crippen LogP contribution in [0, 0.1) is 5.82 Å². The van der Waals surface area contributed by atoms with Crippen LogP contribution in [0.1, 0.15) is 17.9 Å². The van der Waals surface area contributed by atoms with Crippen molar-refractivity contribution in [3.05, 3.63) is 29.6 Å². The van der Waals surface area contributed by atoms with Gasteiger partial charge in [-0.3, -0.25) is 4.79 Å². The lowest BCUT2D eigenvalue weighted by atomic mass is 9.98. The molecule has 1 heterocycles. The third kappa shape index (κ3) is 1.55. The monoisotopic (exact) mass is 195 g/mol. The first-order valence-electron chi connectivity index (χ1n) is 4.42. The zero-order chi connectivity index (χ0) is 10.1. The molecule has 1 aliphatic rings. The van der Waals surface area contributed by atoms with E-state index in [1.54, 1.807) is 0 Å². The van der Waals surface area contributed by atoms with Crippen LogP contribution in [-0.2, 0) is 4.79 Å². The minimum absolute atomic E-state index is 0.0533. The van der Waals surface area contributed by atoms with Crippen molar-refractivity contribution in [3.8, 4) is 5.75 Å². The third-order valence-corrected chi connectivity index (χ3v) is 2.40. The Morgan fingerprint density at radius 3 is 2.86 bits per heavy atom. The van der Waals surface area contributed by atoms with Crippen molar-refractivity contribution in [2.24, 2.45) is 0 Å². The summed E-state index contributed by atoms with van der Waals surface area (Å²) in [6, 6.07) is 4.02. The molecule has 0 aromatic heterocycles. The molecule has 0 bridgehead atoms. The standard InChI is InChI=1S/C10H10FNO2/c11-9-4-7(13)1-2-8(9)6-3-10(14)12-5-6/h1-2,4,6,13H,3,5H2,(H,12,14). The number of halogens is 1. The minimum Gasteiger partial charge on any atom is -0.508 e. The summed E-state index contributed by atoms with van der Waals surface area (Å²) >= 11 is 0. The van der Waals surface area contributed by atoms with Gasteiger partial charge < -0.3 is 10.4 Å². The molecule has 0 aliphatic carbocycles. The van der Waals surface area contributed by atoms with E-state index in [1.807, 2.05) is 0 Å². The van der Waals surface area contributed by atoms with Gasteiger partial charge in [0.1, 0.15) is 11.6 Å². The number of hydrogen-bond donors (Lipinski definition) is 2. The molecule has 0 saturated carbocycles. The van der Waals surface area contributed by atoms with Gasteiger partial charge in [0.2, 0.25) is 5.91 Å². The van der Waals surface area contributed by atoms with Gasteiger partial charge >= 0.3 is 0 Å². The molecule has 14 heavy (non-hydrogen) atoms. The number of nitrogens with one attached hydrogen (secondary N) is 1. The van der Waals surface area contributed by atoms with Gasteiger partial charge in [0, 0.05) is 24.9 Å². The van der Waals surface area contributed by atoms with E-state index in [9.17, 15) is 9.18 Å². The number of carbonyl (C=O) groups is 1. The van der Waals surface area contributed by atoms with Gasteiger partial charge in [-0.1, -0.05) is 6.07 Å². The van der Waals surface area contributed by atoms with Crippen LogP contribution in [0.5, 0.6) is 5.75 Å². The van der Waals surface area contributed by atoms with Crippen LogP contribution in [0.15, 0.2) is 18.2 Å². The number of carbonyl (C=O) groups excluding carboxylic acids is 1. The molecule has 1 aromatic carbocycles. The fourth-order valence-electron chi connectivity index (χ4n) is 1.67. The van der Waals surface area contributed by atoms with Gasteiger partial charge in [0.05, 0.1) is 0 Å². The SMILES string of the molecule is O=C1CC(c2ccc(O)cc2F)CN1. The van der Waals surface area contributed by atoms with Crippen molar-refractivity contribution >= 4 is 5.91 Å². The summed E-state index contributed by atoms with van der Waals surface area (Å²) in [5, 5.41) is 11.7. The molecule has 2 rings (SSSR count). The van der Waals surface area contributed by atoms with E-state index in [2.05, 4.69) is 5.32 Å². The third-order valence-electron chi connectivity index (χ3n) is 2.40. The lowest BCUT2D eigenvalue weighted by molar-refractivity contribution is -0.119. The van der Waals surface area contributed by atoms with E-state index in [0.717, 1.165) is 6.07 Å². The molecule has 1 saturated heterocycles. The number of rotatable bonds is 1. The largest absolute Gasteiger partial charge is 0.508 e. The summed E-state index contributed by atoms with van der Waals surface area (Å²) in [6.07, 6.45) is 0.321. The normalized spacial score (nSPS) is 20.9. The predicted molar refractivity (Wildman–Crippen MR) is 48.4 cm³/mol. The molecule has 0 radical (unpaired) electrons. The smallest absolute Gasteiger partial charge is 0.220 e. The van der Waals surface area contributed by atoms with Crippen LogP contribution in [0.3, 0.4) is 0 Å². The Bertz CT molecular complexity index is 378. The Kier molecular flexibility index (Phi) is 2.11. The second kappa shape index (κ2) is 3.29. The summed E-state index contributed by atoms with van der Waals surface area (Å²) in [5.41, 5.74) is 0.487. The fraction of sp³-hybridized carbons (Fsp3) is 0.300. The zero-order valence-corrected chi connectivity index (χ0v) is 7.46. The molecule has 1 fully saturated rings. The zero-order valence-electron chi connectivity index (χ0n) is 7.46. The van der Waals surface area contributed by atoms with Crippen molar-refractivity contribution in [2.75, 3.05) is 6.54 Å². The maximum Gasteiger partial charge on any atom is 0.220 e. The number of aromatic hydroxyl groups is 1. The highest BCUT2D eigenvalue weighted by molar-refractivity contribution is 5.79. The van der Waals surface area contributed by atoms with E-state index in [1.165, 1.54) is 12.1 Å². The summed E-state index contributed by atoms with van der Waals surface area (Å²) in [4.78, 5) is 10.9. The van der Waals surface area contributed by atoms with Gasteiger partial charge in [-0.2, -0.15) is 0 Å². The van der Waals surface area contributed by atoms with Crippen molar-refractivity contribution in [3.63, 3.8) is 0 Å². The molecule has 1 atom stereocenters. The van der Waals surface area contributed by atoms with Gasteiger partial charge in [0.25, 0.3) is 0 Å². The molecule has 1 aliphatic heterocycles. The first kappa shape index (κ1) is 8.99. The summed E-state index contributed by atoms with van der Waals surface area (Å²) in [6.45, 7) is 0.473. The van der Waals surface area contributed by atoms with Crippen LogP contribution in [0.25, 0.3) is 0 Å². The van der Waals surface area contributed by atoms with Crippen LogP contribution >= 0.6 is 0 Å². The van der Waals surface area contributed by atoms with E-state index in [-0.39, 0.29) is 17.6 Å². The Morgan fingerprint density at radius 2 is 2.29 bits per heavy atom. The molecule has 1 amide bonds. The first-order chi connectivity index (χ1) is 6.66. The van der Waals surface area contributed by atoms with Gasteiger partial charge in [-0.05, 0) is 11.6 Å². The van der Waals surface area contributed by atoms with Gasteiger partial charge in [-0.15, -0.1) is 0 Å². The lowest BCUT2D eigenvalue weighted by Crippen LogP contribution is -2.13. The van der Waals surface area contributed by atoms with Crippen molar-refractivity contribution in [1.29, 1.82) is 0 Å². The molecule has 0 spiro atoms. The number of benzene rings is 1. The van der Waals surface area contributed by atoms with Crippen LogP contribution in [-0.4, -0.2) is 17.6 Å². The molecular formula is C10H10FNO2. The quantitative estimate of drug-likeness (QED) is 0.705. The van der Waals surface area contributed by atoms with Gasteiger partial charge in [-0.25, -0.2) is 4.39 Å². The number of phenols is 1. The fourth-order valence-corrected chi connectivity index (χ4v) is 1.67. The summed E-state index contributed by atoms with van der Waals surface area (Å²) in [5.74, 6) is -0.708.